The van der Waals surface area contributed by atoms with E-state index in [1.54, 1.807) is 12.3 Å². The highest BCUT2D eigenvalue weighted by Gasteiger charge is 2.19. The summed E-state index contributed by atoms with van der Waals surface area (Å²) >= 11 is 0. The van der Waals surface area contributed by atoms with E-state index in [1.807, 2.05) is 12.1 Å². The zero-order valence-corrected chi connectivity index (χ0v) is 13.5. The molecular formula is C19H24N2O2. The van der Waals surface area contributed by atoms with Gasteiger partial charge >= 0.3 is 0 Å². The lowest BCUT2D eigenvalue weighted by atomic mass is 9.96. The van der Waals surface area contributed by atoms with Crippen LogP contribution in [0, 0.1) is 5.92 Å². The van der Waals surface area contributed by atoms with Gasteiger partial charge in [0.1, 0.15) is 5.58 Å². The second-order valence-corrected chi connectivity index (χ2v) is 6.31. The first-order valence-corrected chi connectivity index (χ1v) is 8.30. The average molecular weight is 312 g/mol. The van der Waals surface area contributed by atoms with Crippen LogP contribution in [0.5, 0.6) is 0 Å². The predicted molar refractivity (Wildman–Crippen MR) is 92.0 cm³/mol. The minimum absolute atomic E-state index is 0.0795. The maximum absolute atomic E-state index is 11.5. The number of nitrogens with zero attached hydrogens (tertiary/aromatic N) is 1. The first kappa shape index (κ1) is 15.8. The summed E-state index contributed by atoms with van der Waals surface area (Å²) in [5.74, 6) is 0.673. The molecule has 1 fully saturated rings. The summed E-state index contributed by atoms with van der Waals surface area (Å²) in [5.41, 5.74) is 2.28. The fourth-order valence-electron chi connectivity index (χ4n) is 3.18. The van der Waals surface area contributed by atoms with Gasteiger partial charge in [0.2, 0.25) is 5.91 Å². The molecule has 0 spiro atoms. The van der Waals surface area contributed by atoms with Crippen LogP contribution in [0.15, 0.2) is 47.6 Å². The van der Waals surface area contributed by atoms with Gasteiger partial charge in [0.05, 0.1) is 6.26 Å². The number of hydrogen-bond acceptors (Lipinski definition) is 3. The third-order valence-electron chi connectivity index (χ3n) is 4.55. The van der Waals surface area contributed by atoms with E-state index < -0.39 is 0 Å². The Bertz CT molecular complexity index is 669. The fraction of sp³-hybridized carbons (Fsp3) is 0.421. The molecule has 2 heterocycles. The highest BCUT2D eigenvalue weighted by molar-refractivity contribution is 5.78. The molecule has 1 aromatic heterocycles. The van der Waals surface area contributed by atoms with Crippen LogP contribution in [0.25, 0.3) is 11.0 Å². The zero-order valence-electron chi connectivity index (χ0n) is 13.5. The number of amides is 1. The molecule has 1 amide bonds. The van der Waals surface area contributed by atoms with Crippen LogP contribution in [-0.4, -0.2) is 30.4 Å². The van der Waals surface area contributed by atoms with E-state index in [9.17, 15) is 4.79 Å². The average Bonchev–Trinajstić information content (AvgIpc) is 3.02. The summed E-state index contributed by atoms with van der Waals surface area (Å²) in [5, 5.41) is 4.16. The standard InChI is InChI=1S/C19H24N2O2/c1-2-3-19(22)20-13-15-6-9-21(10-7-15)14-16-4-5-18-17(12-16)8-11-23-18/h2,4-5,8,11-12,15H,1,3,6-7,9-10,13-14H2,(H,20,22). The molecule has 1 saturated heterocycles. The highest BCUT2D eigenvalue weighted by Crippen LogP contribution is 2.21. The van der Waals surface area contributed by atoms with E-state index in [0.717, 1.165) is 44.6 Å². The first-order chi connectivity index (χ1) is 11.2. The fourth-order valence-corrected chi connectivity index (χ4v) is 3.18. The Hall–Kier alpha value is -2.07. The number of rotatable bonds is 6. The van der Waals surface area contributed by atoms with E-state index >= 15 is 0 Å². The molecule has 0 aliphatic carbocycles. The van der Waals surface area contributed by atoms with Crippen molar-refractivity contribution in [2.24, 2.45) is 5.92 Å². The van der Waals surface area contributed by atoms with E-state index in [-0.39, 0.29) is 5.91 Å². The minimum atomic E-state index is 0.0795. The Kier molecular flexibility index (Phi) is 5.13. The molecule has 3 rings (SSSR count). The number of fused-ring (bicyclic) bond motifs is 1. The molecule has 1 aliphatic rings. The van der Waals surface area contributed by atoms with Crippen LogP contribution in [-0.2, 0) is 11.3 Å². The largest absolute Gasteiger partial charge is 0.464 e. The number of carbonyl (C=O) groups excluding carboxylic acids is 1. The van der Waals surface area contributed by atoms with Crippen molar-refractivity contribution in [3.8, 4) is 0 Å². The number of nitrogens with one attached hydrogen (secondary N) is 1. The topological polar surface area (TPSA) is 45.5 Å². The zero-order chi connectivity index (χ0) is 16.1. The lowest BCUT2D eigenvalue weighted by Gasteiger charge is -2.32. The van der Waals surface area contributed by atoms with Crippen molar-refractivity contribution in [2.45, 2.75) is 25.8 Å². The van der Waals surface area contributed by atoms with Crippen molar-refractivity contribution in [1.82, 2.24) is 10.2 Å². The Labute approximate surface area is 137 Å². The molecule has 2 aromatic rings. The monoisotopic (exact) mass is 312 g/mol. The van der Waals surface area contributed by atoms with Crippen molar-refractivity contribution >= 4 is 16.9 Å². The van der Waals surface area contributed by atoms with Crippen LogP contribution >= 0.6 is 0 Å². The number of benzene rings is 1. The second-order valence-electron chi connectivity index (χ2n) is 6.31. The van der Waals surface area contributed by atoms with Crippen LogP contribution in [0.3, 0.4) is 0 Å². The van der Waals surface area contributed by atoms with Gasteiger partial charge in [-0.15, -0.1) is 6.58 Å². The number of piperidine rings is 1. The van der Waals surface area contributed by atoms with Gasteiger partial charge in [-0.05, 0) is 55.6 Å². The van der Waals surface area contributed by atoms with Crippen molar-refractivity contribution < 1.29 is 9.21 Å². The Balaban J connectivity index is 1.45. The number of likely N-dealkylation sites (tertiary alicyclic amines) is 1. The quantitative estimate of drug-likeness (QED) is 0.832. The Morgan fingerprint density at radius 1 is 1.35 bits per heavy atom. The molecule has 0 unspecified atom stereocenters. The molecule has 1 N–H and O–H groups in total. The number of furan rings is 1. The lowest BCUT2D eigenvalue weighted by molar-refractivity contribution is -0.120. The predicted octanol–water partition coefficient (Wildman–Crippen LogP) is 3.34. The summed E-state index contributed by atoms with van der Waals surface area (Å²) in [4.78, 5) is 14.0. The number of carbonyl (C=O) groups is 1. The van der Waals surface area contributed by atoms with Gasteiger partial charge in [0.25, 0.3) is 0 Å². The van der Waals surface area contributed by atoms with Gasteiger partial charge in [-0.25, -0.2) is 0 Å². The lowest BCUT2D eigenvalue weighted by Crippen LogP contribution is -2.38. The van der Waals surface area contributed by atoms with Gasteiger partial charge in [0, 0.05) is 24.9 Å². The van der Waals surface area contributed by atoms with Crippen LogP contribution < -0.4 is 5.32 Å². The van der Waals surface area contributed by atoms with E-state index in [2.05, 4.69) is 28.9 Å². The molecule has 0 bridgehead atoms. The molecule has 0 atom stereocenters. The molecule has 122 valence electrons. The van der Waals surface area contributed by atoms with Crippen molar-refractivity contribution in [3.05, 3.63) is 48.7 Å². The van der Waals surface area contributed by atoms with Crippen molar-refractivity contribution in [2.75, 3.05) is 19.6 Å². The summed E-state index contributed by atoms with van der Waals surface area (Å²) in [6.07, 6.45) is 6.08. The molecule has 4 heteroatoms. The van der Waals surface area contributed by atoms with Crippen LogP contribution in [0.4, 0.5) is 0 Å². The van der Waals surface area contributed by atoms with Gasteiger partial charge in [0.15, 0.2) is 0 Å². The maximum Gasteiger partial charge on any atom is 0.223 e. The molecule has 1 aliphatic heterocycles. The van der Waals surface area contributed by atoms with Crippen molar-refractivity contribution in [1.29, 1.82) is 0 Å². The van der Waals surface area contributed by atoms with Gasteiger partial charge in [-0.3, -0.25) is 9.69 Å². The third-order valence-corrected chi connectivity index (χ3v) is 4.55. The number of hydrogen-bond donors (Lipinski definition) is 1. The van der Waals surface area contributed by atoms with E-state index in [1.165, 1.54) is 10.9 Å². The smallest absolute Gasteiger partial charge is 0.223 e. The molecule has 1 aromatic carbocycles. The molecule has 23 heavy (non-hydrogen) atoms. The minimum Gasteiger partial charge on any atom is -0.464 e. The molecular weight excluding hydrogens is 288 g/mol. The summed E-state index contributed by atoms with van der Waals surface area (Å²) in [6, 6.07) is 8.41. The Morgan fingerprint density at radius 2 is 2.17 bits per heavy atom. The second kappa shape index (κ2) is 7.47. The molecule has 0 radical (unpaired) electrons. The SMILES string of the molecule is C=CCC(=O)NCC1CCN(Cc2ccc3occc3c2)CC1. The summed E-state index contributed by atoms with van der Waals surface area (Å²) < 4.78 is 5.39. The van der Waals surface area contributed by atoms with E-state index in [4.69, 9.17) is 4.42 Å². The van der Waals surface area contributed by atoms with E-state index in [0.29, 0.717) is 12.3 Å². The van der Waals surface area contributed by atoms with Gasteiger partial charge in [-0.2, -0.15) is 0 Å². The van der Waals surface area contributed by atoms with Crippen molar-refractivity contribution in [3.63, 3.8) is 0 Å². The molecule has 0 saturated carbocycles. The normalized spacial score (nSPS) is 16.5. The van der Waals surface area contributed by atoms with Crippen LogP contribution in [0.1, 0.15) is 24.8 Å². The Morgan fingerprint density at radius 3 is 2.96 bits per heavy atom. The third kappa shape index (κ3) is 4.23. The maximum atomic E-state index is 11.5. The van der Waals surface area contributed by atoms with Crippen LogP contribution in [0.2, 0.25) is 0 Å². The summed E-state index contributed by atoms with van der Waals surface area (Å²) in [6.45, 7) is 7.54. The first-order valence-electron chi connectivity index (χ1n) is 8.30. The highest BCUT2D eigenvalue weighted by atomic mass is 16.3. The van der Waals surface area contributed by atoms with Gasteiger partial charge < -0.3 is 9.73 Å². The molecule has 4 nitrogen and oxygen atoms in total. The summed E-state index contributed by atoms with van der Waals surface area (Å²) in [7, 11) is 0. The van der Waals surface area contributed by atoms with Gasteiger partial charge in [-0.1, -0.05) is 12.1 Å².